The number of hydrogen-bond donors (Lipinski definition) is 1. The molecule has 0 aromatic carbocycles. The van der Waals surface area contributed by atoms with Crippen LogP contribution in [-0.4, -0.2) is 10.2 Å². The highest BCUT2D eigenvalue weighted by atomic mass is 16.4. The standard InChI is InChI=1S/C8H15N3O/c1-5(9)6-10-11-7(12-6)8(2,3)4/h5H,9H2,1-4H3/t5-/m1/s1. The zero-order chi connectivity index (χ0) is 9.35. The minimum atomic E-state index is -0.186. The van der Waals surface area contributed by atoms with Gasteiger partial charge in [-0.2, -0.15) is 0 Å². The largest absolute Gasteiger partial charge is 0.423 e. The molecule has 0 fully saturated rings. The van der Waals surface area contributed by atoms with Crippen molar-refractivity contribution in [1.29, 1.82) is 0 Å². The van der Waals surface area contributed by atoms with Crippen LogP contribution in [0.1, 0.15) is 45.5 Å². The summed E-state index contributed by atoms with van der Waals surface area (Å²) >= 11 is 0. The van der Waals surface area contributed by atoms with Crippen molar-refractivity contribution in [3.05, 3.63) is 11.8 Å². The van der Waals surface area contributed by atoms with Gasteiger partial charge in [0, 0.05) is 5.41 Å². The summed E-state index contributed by atoms with van der Waals surface area (Å²) in [6, 6.07) is -0.186. The van der Waals surface area contributed by atoms with Crippen LogP contribution in [0.25, 0.3) is 0 Å². The molecule has 1 rings (SSSR count). The van der Waals surface area contributed by atoms with Gasteiger partial charge in [0.05, 0.1) is 6.04 Å². The van der Waals surface area contributed by atoms with Crippen molar-refractivity contribution in [2.45, 2.75) is 39.2 Å². The molecule has 1 aromatic heterocycles. The maximum atomic E-state index is 5.57. The van der Waals surface area contributed by atoms with Gasteiger partial charge in [0.25, 0.3) is 0 Å². The second-order valence-corrected chi connectivity index (χ2v) is 3.98. The summed E-state index contributed by atoms with van der Waals surface area (Å²) in [6.45, 7) is 7.88. The van der Waals surface area contributed by atoms with E-state index in [0.717, 1.165) is 0 Å². The fourth-order valence-corrected chi connectivity index (χ4v) is 0.722. The number of nitrogens with two attached hydrogens (primary N) is 1. The van der Waals surface area contributed by atoms with Gasteiger partial charge in [-0.05, 0) is 6.92 Å². The van der Waals surface area contributed by atoms with Gasteiger partial charge in [-0.15, -0.1) is 10.2 Å². The van der Waals surface area contributed by atoms with E-state index in [9.17, 15) is 0 Å². The summed E-state index contributed by atoms with van der Waals surface area (Å²) in [4.78, 5) is 0. The summed E-state index contributed by atoms with van der Waals surface area (Å²) in [5.74, 6) is 1.13. The number of aromatic nitrogens is 2. The molecule has 1 heterocycles. The monoisotopic (exact) mass is 169 g/mol. The van der Waals surface area contributed by atoms with Crippen molar-refractivity contribution in [3.8, 4) is 0 Å². The van der Waals surface area contributed by atoms with Crippen LogP contribution in [0, 0.1) is 0 Å². The number of rotatable bonds is 1. The van der Waals surface area contributed by atoms with E-state index >= 15 is 0 Å². The van der Waals surface area contributed by atoms with Gasteiger partial charge in [-0.25, -0.2) is 0 Å². The van der Waals surface area contributed by atoms with Crippen LogP contribution < -0.4 is 5.73 Å². The zero-order valence-corrected chi connectivity index (χ0v) is 7.96. The summed E-state index contributed by atoms with van der Waals surface area (Å²) < 4.78 is 5.36. The summed E-state index contributed by atoms with van der Waals surface area (Å²) in [6.07, 6.45) is 0. The second kappa shape index (κ2) is 2.86. The number of nitrogens with zero attached hydrogens (tertiary/aromatic N) is 2. The Labute approximate surface area is 72.2 Å². The quantitative estimate of drug-likeness (QED) is 0.689. The van der Waals surface area contributed by atoms with E-state index in [1.807, 2.05) is 27.7 Å². The molecule has 4 heteroatoms. The van der Waals surface area contributed by atoms with E-state index in [2.05, 4.69) is 10.2 Å². The average Bonchev–Trinajstić information content (AvgIpc) is 2.30. The first-order valence-corrected chi connectivity index (χ1v) is 4.00. The molecule has 0 bridgehead atoms. The molecule has 0 aliphatic carbocycles. The van der Waals surface area contributed by atoms with Crippen LogP contribution in [-0.2, 0) is 5.41 Å². The van der Waals surface area contributed by atoms with E-state index in [1.165, 1.54) is 0 Å². The molecule has 0 saturated heterocycles. The van der Waals surface area contributed by atoms with Gasteiger partial charge in [0.2, 0.25) is 11.8 Å². The topological polar surface area (TPSA) is 64.9 Å². The first-order chi connectivity index (χ1) is 5.41. The predicted molar refractivity (Wildman–Crippen MR) is 45.6 cm³/mol. The maximum absolute atomic E-state index is 5.57. The first kappa shape index (κ1) is 9.19. The lowest BCUT2D eigenvalue weighted by Crippen LogP contribution is -2.11. The molecule has 0 amide bonds. The summed E-state index contributed by atoms with van der Waals surface area (Å²) in [5.41, 5.74) is 5.48. The van der Waals surface area contributed by atoms with Crippen molar-refractivity contribution in [3.63, 3.8) is 0 Å². The highest BCUT2D eigenvalue weighted by Gasteiger charge is 2.22. The minimum absolute atomic E-state index is 0.0971. The SMILES string of the molecule is C[C@@H](N)c1nnc(C(C)(C)C)o1. The van der Waals surface area contributed by atoms with E-state index in [1.54, 1.807) is 0 Å². The van der Waals surface area contributed by atoms with Gasteiger partial charge < -0.3 is 10.2 Å². The fraction of sp³-hybridized carbons (Fsp3) is 0.750. The lowest BCUT2D eigenvalue weighted by molar-refractivity contribution is 0.361. The maximum Gasteiger partial charge on any atom is 0.232 e. The average molecular weight is 169 g/mol. The molecule has 0 aliphatic rings. The van der Waals surface area contributed by atoms with Crippen LogP contribution >= 0.6 is 0 Å². The Morgan fingerprint density at radius 3 is 2.17 bits per heavy atom. The van der Waals surface area contributed by atoms with Gasteiger partial charge in [-0.1, -0.05) is 20.8 Å². The van der Waals surface area contributed by atoms with Gasteiger partial charge in [0.15, 0.2) is 0 Å². The van der Waals surface area contributed by atoms with Gasteiger partial charge >= 0.3 is 0 Å². The van der Waals surface area contributed by atoms with Crippen LogP contribution in [0.5, 0.6) is 0 Å². The molecule has 0 radical (unpaired) electrons. The smallest absolute Gasteiger partial charge is 0.232 e. The van der Waals surface area contributed by atoms with Crippen molar-refractivity contribution < 1.29 is 4.42 Å². The van der Waals surface area contributed by atoms with E-state index < -0.39 is 0 Å². The highest BCUT2D eigenvalue weighted by molar-refractivity contribution is 4.97. The van der Waals surface area contributed by atoms with E-state index in [4.69, 9.17) is 10.2 Å². The second-order valence-electron chi connectivity index (χ2n) is 3.98. The van der Waals surface area contributed by atoms with Crippen LogP contribution in [0.15, 0.2) is 4.42 Å². The Hall–Kier alpha value is -0.900. The summed E-state index contributed by atoms with van der Waals surface area (Å²) in [5, 5.41) is 7.75. The molecule has 2 N–H and O–H groups in total. The third-order valence-electron chi connectivity index (χ3n) is 1.47. The van der Waals surface area contributed by atoms with Crippen molar-refractivity contribution in [1.82, 2.24) is 10.2 Å². The Kier molecular flexibility index (Phi) is 2.19. The molecule has 1 atom stereocenters. The molecular formula is C8H15N3O. The summed E-state index contributed by atoms with van der Waals surface area (Å²) in [7, 11) is 0. The predicted octanol–water partition coefficient (Wildman–Crippen LogP) is 1.39. The molecule has 0 aliphatic heterocycles. The Balaban J connectivity index is 2.92. The van der Waals surface area contributed by atoms with Crippen LogP contribution in [0.2, 0.25) is 0 Å². The molecule has 68 valence electrons. The number of hydrogen-bond acceptors (Lipinski definition) is 4. The molecule has 1 aromatic rings. The fourth-order valence-electron chi connectivity index (χ4n) is 0.722. The molecular weight excluding hydrogens is 154 g/mol. The molecule has 12 heavy (non-hydrogen) atoms. The normalized spacial score (nSPS) is 14.8. The van der Waals surface area contributed by atoms with E-state index in [-0.39, 0.29) is 11.5 Å². The lowest BCUT2D eigenvalue weighted by Gasteiger charge is -2.11. The van der Waals surface area contributed by atoms with Crippen molar-refractivity contribution >= 4 is 0 Å². The Morgan fingerprint density at radius 2 is 1.92 bits per heavy atom. The molecule has 0 unspecified atom stereocenters. The lowest BCUT2D eigenvalue weighted by atomic mass is 9.97. The highest BCUT2D eigenvalue weighted by Crippen LogP contribution is 2.21. The van der Waals surface area contributed by atoms with E-state index in [0.29, 0.717) is 11.8 Å². The third kappa shape index (κ3) is 1.82. The van der Waals surface area contributed by atoms with Crippen molar-refractivity contribution in [2.75, 3.05) is 0 Å². The molecule has 0 saturated carbocycles. The Bertz CT molecular complexity index is 260. The molecule has 4 nitrogen and oxygen atoms in total. The Morgan fingerprint density at radius 1 is 1.33 bits per heavy atom. The minimum Gasteiger partial charge on any atom is -0.423 e. The van der Waals surface area contributed by atoms with Gasteiger partial charge in [-0.3, -0.25) is 0 Å². The van der Waals surface area contributed by atoms with Crippen LogP contribution in [0.3, 0.4) is 0 Å². The first-order valence-electron chi connectivity index (χ1n) is 4.00. The molecule has 0 spiro atoms. The third-order valence-corrected chi connectivity index (χ3v) is 1.47. The zero-order valence-electron chi connectivity index (χ0n) is 7.96. The van der Waals surface area contributed by atoms with Gasteiger partial charge in [0.1, 0.15) is 0 Å². The van der Waals surface area contributed by atoms with Crippen LogP contribution in [0.4, 0.5) is 0 Å². The van der Waals surface area contributed by atoms with Crippen molar-refractivity contribution in [2.24, 2.45) is 5.73 Å².